The van der Waals surface area contributed by atoms with E-state index in [9.17, 15) is 0 Å². The Labute approximate surface area is 124 Å². The number of nitrogens with one attached hydrogen (secondary N) is 1. The van der Waals surface area contributed by atoms with Crippen molar-refractivity contribution in [1.29, 1.82) is 0 Å². The third kappa shape index (κ3) is 3.13. The Morgan fingerprint density at radius 3 is 2.95 bits per heavy atom. The van der Waals surface area contributed by atoms with Crippen molar-refractivity contribution in [1.82, 2.24) is 5.32 Å². The van der Waals surface area contributed by atoms with E-state index < -0.39 is 0 Å². The number of fused-ring (bicyclic) bond motifs is 1. The van der Waals surface area contributed by atoms with Gasteiger partial charge in [0.25, 0.3) is 0 Å². The molecule has 0 saturated heterocycles. The molecule has 0 radical (unpaired) electrons. The van der Waals surface area contributed by atoms with Crippen LogP contribution in [0.5, 0.6) is 0 Å². The normalized spacial score (nSPS) is 23.8. The Balaban J connectivity index is 1.57. The predicted molar refractivity (Wildman–Crippen MR) is 85.1 cm³/mol. The first kappa shape index (κ1) is 13.4. The third-order valence-corrected chi connectivity index (χ3v) is 5.69. The van der Waals surface area contributed by atoms with Crippen molar-refractivity contribution in [3.05, 3.63) is 35.2 Å². The van der Waals surface area contributed by atoms with Crippen LogP contribution in [0.1, 0.15) is 31.2 Å². The summed E-state index contributed by atoms with van der Waals surface area (Å²) in [5.74, 6) is 0.653. The lowest BCUT2D eigenvalue weighted by Crippen LogP contribution is -2.30. The van der Waals surface area contributed by atoms with E-state index in [1.807, 2.05) is 11.3 Å². The molecule has 0 amide bonds. The third-order valence-electron chi connectivity index (χ3n) is 4.10. The highest BCUT2D eigenvalue weighted by atomic mass is 35.5. The van der Waals surface area contributed by atoms with Gasteiger partial charge < -0.3 is 5.32 Å². The summed E-state index contributed by atoms with van der Waals surface area (Å²) in [7, 11) is 0. The quantitative estimate of drug-likeness (QED) is 0.799. The molecular formula is C16H20ClNS. The lowest BCUT2D eigenvalue weighted by atomic mass is 9.89. The lowest BCUT2D eigenvalue weighted by molar-refractivity contribution is 0.348. The maximum atomic E-state index is 6.40. The van der Waals surface area contributed by atoms with Gasteiger partial charge in [-0.1, -0.05) is 31.0 Å². The van der Waals surface area contributed by atoms with Crippen LogP contribution in [0, 0.1) is 5.92 Å². The van der Waals surface area contributed by atoms with E-state index in [2.05, 4.69) is 35.0 Å². The Morgan fingerprint density at radius 2 is 2.05 bits per heavy atom. The molecule has 2 aromatic rings. The number of halogens is 1. The predicted octanol–water partition coefficient (Wildman–Crippen LogP) is 4.79. The van der Waals surface area contributed by atoms with Gasteiger partial charge in [-0.3, -0.25) is 0 Å². The van der Waals surface area contributed by atoms with Crippen molar-refractivity contribution in [3.63, 3.8) is 0 Å². The summed E-state index contributed by atoms with van der Waals surface area (Å²) in [6, 6.07) is 8.64. The van der Waals surface area contributed by atoms with Crippen molar-refractivity contribution in [2.45, 2.75) is 37.6 Å². The monoisotopic (exact) mass is 293 g/mol. The minimum Gasteiger partial charge on any atom is -0.312 e. The smallest absolute Gasteiger partial charge is 0.0376 e. The molecule has 1 aliphatic carbocycles. The summed E-state index contributed by atoms with van der Waals surface area (Å²) in [4.78, 5) is 0. The highest BCUT2D eigenvalue weighted by Crippen LogP contribution is 2.29. The van der Waals surface area contributed by atoms with Crippen LogP contribution >= 0.6 is 22.9 Å². The van der Waals surface area contributed by atoms with E-state index in [-0.39, 0.29) is 0 Å². The first-order valence-corrected chi connectivity index (χ1v) is 8.46. The molecule has 0 bridgehead atoms. The number of benzene rings is 1. The molecule has 3 rings (SSSR count). The first-order chi connectivity index (χ1) is 9.34. The second-order valence-electron chi connectivity index (χ2n) is 5.45. The van der Waals surface area contributed by atoms with E-state index in [0.29, 0.717) is 11.3 Å². The van der Waals surface area contributed by atoms with E-state index in [0.717, 1.165) is 13.1 Å². The molecular weight excluding hydrogens is 274 g/mol. The van der Waals surface area contributed by atoms with E-state index in [1.54, 1.807) is 0 Å². The Kier molecular flexibility index (Phi) is 4.42. The van der Waals surface area contributed by atoms with Crippen LogP contribution in [-0.4, -0.2) is 11.9 Å². The number of hydrogen-bond donors (Lipinski definition) is 1. The van der Waals surface area contributed by atoms with Gasteiger partial charge in [-0.2, -0.15) is 0 Å². The fraction of sp³-hybridized carbons (Fsp3) is 0.500. The standard InChI is InChI=1S/C16H20ClNS/c17-15-7-3-1-5-12(15)9-18-10-13-11-19-16-8-4-2-6-14(13)16/h2,4,6,8,11-12,15,18H,1,3,5,7,9-10H2. The highest BCUT2D eigenvalue weighted by molar-refractivity contribution is 7.17. The zero-order valence-corrected chi connectivity index (χ0v) is 12.6. The van der Waals surface area contributed by atoms with Gasteiger partial charge in [-0.05, 0) is 47.7 Å². The Hall–Kier alpha value is -0.570. The Morgan fingerprint density at radius 1 is 1.21 bits per heavy atom. The van der Waals surface area contributed by atoms with Gasteiger partial charge in [0.05, 0.1) is 0 Å². The maximum absolute atomic E-state index is 6.40. The summed E-state index contributed by atoms with van der Waals surface area (Å²) >= 11 is 8.23. The van der Waals surface area contributed by atoms with Crippen LogP contribution in [0.3, 0.4) is 0 Å². The second-order valence-corrected chi connectivity index (χ2v) is 6.92. The zero-order chi connectivity index (χ0) is 13.1. The molecule has 102 valence electrons. The average molecular weight is 294 g/mol. The van der Waals surface area contributed by atoms with Crippen LogP contribution in [-0.2, 0) is 6.54 Å². The number of thiophene rings is 1. The zero-order valence-electron chi connectivity index (χ0n) is 11.1. The van der Waals surface area contributed by atoms with Crippen LogP contribution < -0.4 is 5.32 Å². The van der Waals surface area contributed by atoms with Crippen LogP contribution in [0.2, 0.25) is 0 Å². The molecule has 0 spiro atoms. The molecule has 1 N–H and O–H groups in total. The average Bonchev–Trinajstić information content (AvgIpc) is 2.85. The van der Waals surface area contributed by atoms with Crippen LogP contribution in [0.25, 0.3) is 10.1 Å². The van der Waals surface area contributed by atoms with Gasteiger partial charge in [0, 0.05) is 16.6 Å². The molecule has 1 saturated carbocycles. The topological polar surface area (TPSA) is 12.0 Å². The van der Waals surface area contributed by atoms with E-state index in [1.165, 1.54) is 41.3 Å². The van der Waals surface area contributed by atoms with Gasteiger partial charge in [-0.15, -0.1) is 22.9 Å². The Bertz CT molecular complexity index is 536. The first-order valence-electron chi connectivity index (χ1n) is 7.14. The number of rotatable bonds is 4. The molecule has 3 heteroatoms. The fourth-order valence-corrected chi connectivity index (χ4v) is 4.29. The van der Waals surface area contributed by atoms with Crippen LogP contribution in [0.4, 0.5) is 0 Å². The molecule has 1 nitrogen and oxygen atoms in total. The molecule has 19 heavy (non-hydrogen) atoms. The molecule has 1 aliphatic rings. The SMILES string of the molecule is ClC1CCCCC1CNCc1csc2ccccc12. The van der Waals surface area contributed by atoms with Crippen molar-refractivity contribution >= 4 is 33.0 Å². The summed E-state index contributed by atoms with van der Waals surface area (Å²) in [5.41, 5.74) is 1.42. The van der Waals surface area contributed by atoms with Crippen LogP contribution in [0.15, 0.2) is 29.6 Å². The molecule has 2 unspecified atom stereocenters. The molecule has 1 aromatic carbocycles. The van der Waals surface area contributed by atoms with Crippen molar-refractivity contribution in [2.75, 3.05) is 6.54 Å². The van der Waals surface area contributed by atoms with Crippen molar-refractivity contribution < 1.29 is 0 Å². The fourth-order valence-electron chi connectivity index (χ4n) is 2.95. The largest absolute Gasteiger partial charge is 0.312 e. The van der Waals surface area contributed by atoms with E-state index >= 15 is 0 Å². The van der Waals surface area contributed by atoms with Gasteiger partial charge in [0.2, 0.25) is 0 Å². The van der Waals surface area contributed by atoms with Gasteiger partial charge in [-0.25, -0.2) is 0 Å². The second kappa shape index (κ2) is 6.25. The van der Waals surface area contributed by atoms with Crippen molar-refractivity contribution in [2.24, 2.45) is 5.92 Å². The molecule has 1 heterocycles. The minimum absolute atomic E-state index is 0.375. The van der Waals surface area contributed by atoms with Gasteiger partial charge >= 0.3 is 0 Å². The summed E-state index contributed by atoms with van der Waals surface area (Å²) in [6.07, 6.45) is 5.12. The molecule has 1 fully saturated rings. The lowest BCUT2D eigenvalue weighted by Gasteiger charge is -2.27. The van der Waals surface area contributed by atoms with E-state index in [4.69, 9.17) is 11.6 Å². The molecule has 2 atom stereocenters. The van der Waals surface area contributed by atoms with Gasteiger partial charge in [0.1, 0.15) is 0 Å². The van der Waals surface area contributed by atoms with Gasteiger partial charge in [0.15, 0.2) is 0 Å². The summed E-state index contributed by atoms with van der Waals surface area (Å²) < 4.78 is 1.38. The van der Waals surface area contributed by atoms with Crippen molar-refractivity contribution in [3.8, 4) is 0 Å². The summed E-state index contributed by atoms with van der Waals surface area (Å²) in [5, 5.41) is 7.65. The minimum atomic E-state index is 0.375. The number of hydrogen-bond acceptors (Lipinski definition) is 2. The maximum Gasteiger partial charge on any atom is 0.0376 e. The number of alkyl halides is 1. The summed E-state index contributed by atoms with van der Waals surface area (Å²) in [6.45, 7) is 2.02. The molecule has 1 aromatic heterocycles. The molecule has 0 aliphatic heterocycles. The highest BCUT2D eigenvalue weighted by Gasteiger charge is 2.22.